The van der Waals surface area contributed by atoms with Crippen molar-refractivity contribution in [2.24, 2.45) is 5.41 Å². The minimum Gasteiger partial charge on any atom is -0.480 e. The van der Waals surface area contributed by atoms with Crippen molar-refractivity contribution in [2.75, 3.05) is 6.61 Å². The highest BCUT2D eigenvalue weighted by molar-refractivity contribution is 6.30. The third-order valence-electron chi connectivity index (χ3n) is 1.91. The molecule has 0 aromatic rings. The van der Waals surface area contributed by atoms with Crippen LogP contribution >= 0.6 is 11.6 Å². The van der Waals surface area contributed by atoms with Gasteiger partial charge in [0.25, 0.3) is 0 Å². The van der Waals surface area contributed by atoms with E-state index in [0.29, 0.717) is 0 Å². The van der Waals surface area contributed by atoms with Crippen molar-refractivity contribution in [3.8, 4) is 0 Å². The second kappa shape index (κ2) is 4.28. The Hall–Kier alpha value is -0.700. The van der Waals surface area contributed by atoms with E-state index in [1.54, 1.807) is 0 Å². The van der Waals surface area contributed by atoms with Gasteiger partial charge >= 0.3 is 18.3 Å². The van der Waals surface area contributed by atoms with Crippen LogP contribution in [0.1, 0.15) is 0 Å². The van der Waals surface area contributed by atoms with Gasteiger partial charge in [0.05, 0.1) is 6.61 Å². The predicted octanol–water partition coefficient (Wildman–Crippen LogP) is 1.78. The number of carboxylic acid groups (broad SMARTS) is 1. The summed E-state index contributed by atoms with van der Waals surface area (Å²) in [4.78, 5) is 10.2. The average molecular weight is 275 g/mol. The van der Waals surface area contributed by atoms with Gasteiger partial charge in [-0.15, -0.1) is 11.6 Å². The maximum atomic E-state index is 12.3. The highest BCUT2D eigenvalue weighted by atomic mass is 35.5. The van der Waals surface area contributed by atoms with E-state index < -0.39 is 35.7 Å². The lowest BCUT2D eigenvalue weighted by Gasteiger charge is -2.37. The first-order chi connectivity index (χ1) is 6.91. The molecule has 0 fully saturated rings. The molecule has 0 radical (unpaired) electrons. The summed E-state index contributed by atoms with van der Waals surface area (Å²) >= 11 is 4.61. The van der Waals surface area contributed by atoms with Crippen LogP contribution in [0.5, 0.6) is 0 Å². The van der Waals surface area contributed by atoms with E-state index in [1.165, 1.54) is 0 Å². The van der Waals surface area contributed by atoms with Gasteiger partial charge in [0, 0.05) is 0 Å². The van der Waals surface area contributed by atoms with Gasteiger partial charge in [-0.2, -0.15) is 26.3 Å². The molecule has 0 amide bonds. The SMILES string of the molecule is O=C(O)C(Cl)C(CO)(C(F)(F)F)C(F)(F)F. The Morgan fingerprint density at radius 3 is 1.50 bits per heavy atom. The van der Waals surface area contributed by atoms with Gasteiger partial charge in [0.2, 0.25) is 5.41 Å². The minimum absolute atomic E-state index is 2.50. The maximum Gasteiger partial charge on any atom is 0.407 e. The fourth-order valence-electron chi connectivity index (χ4n) is 0.918. The Labute approximate surface area is 89.6 Å². The molecule has 0 aliphatic heterocycles. The van der Waals surface area contributed by atoms with Gasteiger partial charge in [0.1, 0.15) is 0 Å². The molecule has 10 heteroatoms. The van der Waals surface area contributed by atoms with Crippen molar-refractivity contribution in [2.45, 2.75) is 17.7 Å². The first-order valence-corrected chi connectivity index (χ1v) is 3.96. The van der Waals surface area contributed by atoms with Crippen LogP contribution in [0, 0.1) is 5.41 Å². The molecule has 0 aliphatic rings. The molecule has 0 aliphatic carbocycles. The molecular formula is C6H5ClF6O3. The minimum atomic E-state index is -6.04. The molecule has 2 N–H and O–H groups in total. The summed E-state index contributed by atoms with van der Waals surface area (Å²) in [5, 5.41) is 13.0. The van der Waals surface area contributed by atoms with Crippen molar-refractivity contribution < 1.29 is 41.4 Å². The lowest BCUT2D eigenvalue weighted by Crippen LogP contribution is -2.60. The van der Waals surface area contributed by atoms with Gasteiger partial charge in [-0.3, -0.25) is 4.79 Å². The highest BCUT2D eigenvalue weighted by Crippen LogP contribution is 2.53. The number of aliphatic hydroxyl groups excluding tert-OH is 1. The fourth-order valence-corrected chi connectivity index (χ4v) is 1.23. The molecule has 0 saturated carbocycles. The third-order valence-corrected chi connectivity index (χ3v) is 2.47. The zero-order valence-corrected chi connectivity index (χ0v) is 7.99. The van der Waals surface area contributed by atoms with Crippen molar-refractivity contribution in [1.29, 1.82) is 0 Å². The number of alkyl halides is 7. The molecule has 0 aromatic heterocycles. The van der Waals surface area contributed by atoms with Gasteiger partial charge in [0.15, 0.2) is 5.38 Å². The third kappa shape index (κ3) is 2.19. The number of halogens is 7. The molecular weight excluding hydrogens is 270 g/mol. The number of aliphatic hydroxyl groups is 1. The molecule has 16 heavy (non-hydrogen) atoms. The highest BCUT2D eigenvalue weighted by Gasteiger charge is 2.75. The zero-order valence-electron chi connectivity index (χ0n) is 7.23. The van der Waals surface area contributed by atoms with Gasteiger partial charge in [-0.05, 0) is 0 Å². The second-order valence-electron chi connectivity index (χ2n) is 2.83. The molecule has 0 bridgehead atoms. The lowest BCUT2D eigenvalue weighted by molar-refractivity contribution is -0.348. The largest absolute Gasteiger partial charge is 0.480 e. The summed E-state index contributed by atoms with van der Waals surface area (Å²) in [6.07, 6.45) is -12.1. The first kappa shape index (κ1) is 15.3. The van der Waals surface area contributed by atoms with E-state index in [0.717, 1.165) is 0 Å². The van der Waals surface area contributed by atoms with Crippen LogP contribution in [-0.2, 0) is 4.79 Å². The topological polar surface area (TPSA) is 57.5 Å². The van der Waals surface area contributed by atoms with Crippen LogP contribution in [0.25, 0.3) is 0 Å². The molecule has 1 unspecified atom stereocenters. The van der Waals surface area contributed by atoms with Crippen LogP contribution in [0.3, 0.4) is 0 Å². The van der Waals surface area contributed by atoms with Gasteiger partial charge < -0.3 is 10.2 Å². The molecule has 1 atom stereocenters. The van der Waals surface area contributed by atoms with Crippen LogP contribution in [-0.4, -0.2) is 40.5 Å². The number of carbonyl (C=O) groups is 1. The molecule has 3 nitrogen and oxygen atoms in total. The van der Waals surface area contributed by atoms with Crippen LogP contribution in [0.4, 0.5) is 26.3 Å². The molecule has 0 aromatic carbocycles. The summed E-state index contributed by atoms with van der Waals surface area (Å²) < 4.78 is 73.5. The number of aliphatic carboxylic acids is 1. The molecule has 96 valence electrons. The van der Waals surface area contributed by atoms with E-state index in [-0.39, 0.29) is 0 Å². The van der Waals surface area contributed by atoms with Crippen molar-refractivity contribution in [3.05, 3.63) is 0 Å². The quantitative estimate of drug-likeness (QED) is 0.609. The van der Waals surface area contributed by atoms with Gasteiger partial charge in [-0.1, -0.05) is 0 Å². The molecule has 0 rings (SSSR count). The lowest BCUT2D eigenvalue weighted by atomic mass is 9.83. The van der Waals surface area contributed by atoms with E-state index in [1.807, 2.05) is 0 Å². The van der Waals surface area contributed by atoms with E-state index in [9.17, 15) is 31.1 Å². The monoisotopic (exact) mass is 274 g/mol. The van der Waals surface area contributed by atoms with E-state index in [2.05, 4.69) is 11.6 Å². The van der Waals surface area contributed by atoms with Crippen molar-refractivity contribution >= 4 is 17.6 Å². The Morgan fingerprint density at radius 2 is 1.44 bits per heavy atom. The summed E-state index contributed by atoms with van der Waals surface area (Å²) in [6, 6.07) is 0. The Morgan fingerprint density at radius 1 is 1.12 bits per heavy atom. The molecule has 0 saturated heterocycles. The fraction of sp³-hybridized carbons (Fsp3) is 0.833. The predicted molar refractivity (Wildman–Crippen MR) is 38.9 cm³/mol. The maximum absolute atomic E-state index is 12.3. The van der Waals surface area contributed by atoms with E-state index >= 15 is 0 Å². The summed E-state index contributed by atoms with van der Waals surface area (Å²) in [5.74, 6) is -2.52. The van der Waals surface area contributed by atoms with Crippen LogP contribution in [0.15, 0.2) is 0 Å². The van der Waals surface area contributed by atoms with Crippen LogP contribution < -0.4 is 0 Å². The zero-order chi connectivity index (χ0) is 13.4. The summed E-state index contributed by atoms with van der Waals surface area (Å²) in [6.45, 7) is -2.50. The normalized spacial score (nSPS) is 16.0. The smallest absolute Gasteiger partial charge is 0.407 e. The molecule has 0 spiro atoms. The van der Waals surface area contributed by atoms with E-state index in [4.69, 9.17) is 10.2 Å². The Kier molecular flexibility index (Phi) is 4.10. The number of rotatable bonds is 3. The van der Waals surface area contributed by atoms with Crippen LogP contribution in [0.2, 0.25) is 0 Å². The number of hydrogen-bond acceptors (Lipinski definition) is 2. The Balaban J connectivity index is 5.77. The van der Waals surface area contributed by atoms with Crippen molar-refractivity contribution in [3.63, 3.8) is 0 Å². The van der Waals surface area contributed by atoms with Gasteiger partial charge in [-0.25, -0.2) is 0 Å². The van der Waals surface area contributed by atoms with Crippen molar-refractivity contribution in [1.82, 2.24) is 0 Å². The average Bonchev–Trinajstić information content (AvgIpc) is 2.00. The number of hydrogen-bond donors (Lipinski definition) is 2. The standard InChI is InChI=1S/C6H5ClF6O3/c7-2(3(15)16)4(1-14,5(8,9)10)6(11,12)13/h2,14H,1H2,(H,15,16). The summed E-state index contributed by atoms with van der Waals surface area (Å²) in [7, 11) is 0. The Bertz CT molecular complexity index is 258. The number of carboxylic acids is 1. The second-order valence-corrected chi connectivity index (χ2v) is 3.26. The molecule has 0 heterocycles. The first-order valence-electron chi connectivity index (χ1n) is 3.53. The summed E-state index contributed by atoms with van der Waals surface area (Å²) in [5.41, 5.74) is -4.88.